The number of hydrogen-bond acceptors (Lipinski definition) is 3. The molecule has 50 valence electrons. The van der Waals surface area contributed by atoms with Gasteiger partial charge in [-0.3, -0.25) is 9.59 Å². The van der Waals surface area contributed by atoms with E-state index in [-0.39, 0.29) is 18.2 Å². The molecule has 0 N–H and O–H groups in total. The average molecular weight is 128 g/mol. The van der Waals surface area contributed by atoms with Gasteiger partial charge in [0, 0.05) is 0 Å². The van der Waals surface area contributed by atoms with Gasteiger partial charge in [0.25, 0.3) is 0 Å². The maximum absolute atomic E-state index is 10.7. The van der Waals surface area contributed by atoms with Crippen molar-refractivity contribution in [2.75, 3.05) is 6.61 Å². The number of ether oxygens (including phenoxy) is 1. The zero-order chi connectivity index (χ0) is 6.85. The highest BCUT2D eigenvalue weighted by Gasteiger charge is 2.31. The fourth-order valence-corrected chi connectivity index (χ4v) is 0.806. The van der Waals surface area contributed by atoms with E-state index in [0.29, 0.717) is 6.42 Å². The normalized spacial score (nSPS) is 27.4. The van der Waals surface area contributed by atoms with Gasteiger partial charge in [-0.1, -0.05) is 6.92 Å². The van der Waals surface area contributed by atoms with Crippen LogP contribution in [-0.2, 0) is 14.3 Å². The highest BCUT2D eigenvalue weighted by Crippen LogP contribution is 2.07. The van der Waals surface area contributed by atoms with Crippen molar-refractivity contribution in [2.24, 2.45) is 0 Å². The third-order valence-electron chi connectivity index (χ3n) is 1.35. The SMILES string of the molecule is CCC1OCC(=O)C1=O. The Hall–Kier alpha value is -0.700. The predicted molar refractivity (Wildman–Crippen MR) is 30.0 cm³/mol. The summed E-state index contributed by atoms with van der Waals surface area (Å²) in [5.74, 6) is -0.751. The Labute approximate surface area is 53.0 Å². The van der Waals surface area contributed by atoms with Crippen LogP contribution < -0.4 is 0 Å². The lowest BCUT2D eigenvalue weighted by Crippen LogP contribution is -2.18. The lowest BCUT2D eigenvalue weighted by molar-refractivity contribution is -0.134. The summed E-state index contributed by atoms with van der Waals surface area (Å²) in [6.07, 6.45) is 0.155. The van der Waals surface area contributed by atoms with Gasteiger partial charge in [-0.05, 0) is 6.42 Å². The first kappa shape index (κ1) is 6.42. The fourth-order valence-electron chi connectivity index (χ4n) is 0.806. The molecular formula is C6H8O3. The minimum atomic E-state index is -0.447. The van der Waals surface area contributed by atoms with E-state index in [9.17, 15) is 9.59 Å². The molecule has 9 heavy (non-hydrogen) atoms. The molecule has 0 aromatic carbocycles. The largest absolute Gasteiger partial charge is 0.362 e. The first-order valence-electron chi connectivity index (χ1n) is 2.94. The van der Waals surface area contributed by atoms with Crippen LogP contribution >= 0.6 is 0 Å². The molecule has 0 aliphatic carbocycles. The molecule has 0 saturated carbocycles. The van der Waals surface area contributed by atoms with Gasteiger partial charge < -0.3 is 4.74 Å². The van der Waals surface area contributed by atoms with Crippen LogP contribution in [0.1, 0.15) is 13.3 Å². The van der Waals surface area contributed by atoms with Crippen LogP contribution in [0.4, 0.5) is 0 Å². The van der Waals surface area contributed by atoms with Crippen LogP contribution in [0.5, 0.6) is 0 Å². The smallest absolute Gasteiger partial charge is 0.229 e. The quantitative estimate of drug-likeness (QED) is 0.464. The number of rotatable bonds is 1. The summed E-state index contributed by atoms with van der Waals surface area (Å²) in [4.78, 5) is 21.1. The summed E-state index contributed by atoms with van der Waals surface area (Å²) in [5.41, 5.74) is 0. The topological polar surface area (TPSA) is 43.4 Å². The molecule has 0 amide bonds. The molecule has 1 atom stereocenters. The predicted octanol–water partition coefficient (Wildman–Crippen LogP) is -0.0666. The fraction of sp³-hybridized carbons (Fsp3) is 0.667. The number of carbonyl (C=O) groups excluding carboxylic acids is 2. The minimum Gasteiger partial charge on any atom is -0.362 e. The van der Waals surface area contributed by atoms with Crippen molar-refractivity contribution in [3.8, 4) is 0 Å². The molecule has 1 rings (SSSR count). The van der Waals surface area contributed by atoms with Crippen molar-refractivity contribution < 1.29 is 14.3 Å². The molecule has 0 radical (unpaired) electrons. The van der Waals surface area contributed by atoms with Gasteiger partial charge in [0.05, 0.1) is 0 Å². The van der Waals surface area contributed by atoms with Crippen molar-refractivity contribution in [2.45, 2.75) is 19.4 Å². The van der Waals surface area contributed by atoms with Crippen LogP contribution in [0, 0.1) is 0 Å². The van der Waals surface area contributed by atoms with Crippen molar-refractivity contribution in [3.63, 3.8) is 0 Å². The van der Waals surface area contributed by atoms with E-state index < -0.39 is 6.10 Å². The molecular weight excluding hydrogens is 120 g/mol. The summed E-state index contributed by atoms with van der Waals surface area (Å²) < 4.78 is 4.83. The first-order valence-corrected chi connectivity index (χ1v) is 2.94. The second kappa shape index (κ2) is 2.27. The Morgan fingerprint density at radius 2 is 2.33 bits per heavy atom. The van der Waals surface area contributed by atoms with Crippen molar-refractivity contribution in [3.05, 3.63) is 0 Å². The number of ketones is 2. The molecule has 0 aromatic heterocycles. The van der Waals surface area contributed by atoms with Gasteiger partial charge in [-0.2, -0.15) is 0 Å². The third-order valence-corrected chi connectivity index (χ3v) is 1.35. The minimum absolute atomic E-state index is 0.0165. The molecule has 1 fully saturated rings. The number of hydrogen-bond donors (Lipinski definition) is 0. The Morgan fingerprint density at radius 1 is 1.67 bits per heavy atom. The lowest BCUT2D eigenvalue weighted by atomic mass is 10.2. The zero-order valence-corrected chi connectivity index (χ0v) is 5.22. The standard InChI is InChI=1S/C6H8O3/c1-2-5-6(8)4(7)3-9-5/h5H,2-3H2,1H3. The van der Waals surface area contributed by atoms with Crippen molar-refractivity contribution in [1.82, 2.24) is 0 Å². The molecule has 1 heterocycles. The molecule has 1 aliphatic heterocycles. The number of Topliss-reactive ketones (excluding diaryl/α,β-unsaturated/α-hetero) is 2. The van der Waals surface area contributed by atoms with E-state index in [2.05, 4.69) is 0 Å². The summed E-state index contributed by atoms with van der Waals surface area (Å²) in [5, 5.41) is 0. The molecule has 1 aliphatic rings. The van der Waals surface area contributed by atoms with E-state index in [0.717, 1.165) is 0 Å². The van der Waals surface area contributed by atoms with Gasteiger partial charge in [-0.25, -0.2) is 0 Å². The van der Waals surface area contributed by atoms with Crippen LogP contribution in [0.15, 0.2) is 0 Å². The summed E-state index contributed by atoms with van der Waals surface area (Å²) >= 11 is 0. The summed E-state index contributed by atoms with van der Waals surface area (Å²) in [7, 11) is 0. The molecule has 0 spiro atoms. The Balaban J connectivity index is 2.62. The maximum Gasteiger partial charge on any atom is 0.229 e. The van der Waals surface area contributed by atoms with Gasteiger partial charge in [0.2, 0.25) is 11.6 Å². The Bertz CT molecular complexity index is 150. The third kappa shape index (κ3) is 1.00. The molecule has 0 aromatic rings. The molecule has 3 nitrogen and oxygen atoms in total. The van der Waals surface area contributed by atoms with E-state index in [1.807, 2.05) is 6.92 Å². The second-order valence-electron chi connectivity index (χ2n) is 2.00. The van der Waals surface area contributed by atoms with Crippen LogP contribution in [-0.4, -0.2) is 24.3 Å². The maximum atomic E-state index is 10.7. The highest BCUT2D eigenvalue weighted by atomic mass is 16.5. The van der Waals surface area contributed by atoms with Gasteiger partial charge >= 0.3 is 0 Å². The summed E-state index contributed by atoms with van der Waals surface area (Å²) in [6.45, 7) is 1.80. The van der Waals surface area contributed by atoms with Gasteiger partial charge in [0.1, 0.15) is 12.7 Å². The van der Waals surface area contributed by atoms with Gasteiger partial charge in [0.15, 0.2) is 0 Å². The molecule has 3 heteroatoms. The Morgan fingerprint density at radius 3 is 2.56 bits per heavy atom. The lowest BCUT2D eigenvalue weighted by Gasteiger charge is -1.98. The zero-order valence-electron chi connectivity index (χ0n) is 5.22. The monoisotopic (exact) mass is 128 g/mol. The van der Waals surface area contributed by atoms with Crippen LogP contribution in [0.25, 0.3) is 0 Å². The van der Waals surface area contributed by atoms with E-state index >= 15 is 0 Å². The number of carbonyl (C=O) groups is 2. The Kier molecular flexibility index (Phi) is 1.62. The second-order valence-corrected chi connectivity index (χ2v) is 2.00. The molecule has 0 bridgehead atoms. The summed E-state index contributed by atoms with van der Waals surface area (Å²) in [6, 6.07) is 0. The van der Waals surface area contributed by atoms with E-state index in [1.165, 1.54) is 0 Å². The van der Waals surface area contributed by atoms with Crippen LogP contribution in [0.2, 0.25) is 0 Å². The van der Waals surface area contributed by atoms with Crippen molar-refractivity contribution >= 4 is 11.6 Å². The first-order chi connectivity index (χ1) is 4.25. The highest BCUT2D eigenvalue weighted by molar-refractivity contribution is 6.40. The molecule has 1 saturated heterocycles. The van der Waals surface area contributed by atoms with Gasteiger partial charge in [-0.15, -0.1) is 0 Å². The molecule has 1 unspecified atom stereocenters. The van der Waals surface area contributed by atoms with Crippen molar-refractivity contribution in [1.29, 1.82) is 0 Å². The van der Waals surface area contributed by atoms with Crippen LogP contribution in [0.3, 0.4) is 0 Å². The average Bonchev–Trinajstić information content (AvgIpc) is 2.15. The van der Waals surface area contributed by atoms with E-state index in [1.54, 1.807) is 0 Å². The van der Waals surface area contributed by atoms with E-state index in [4.69, 9.17) is 4.74 Å².